The second kappa shape index (κ2) is 6.49. The third-order valence-electron chi connectivity index (χ3n) is 3.31. The first kappa shape index (κ1) is 14.4. The summed E-state index contributed by atoms with van der Waals surface area (Å²) in [5.74, 6) is 0.640. The van der Waals surface area contributed by atoms with Crippen molar-refractivity contribution < 1.29 is 9.84 Å². The van der Waals surface area contributed by atoms with E-state index in [4.69, 9.17) is 4.74 Å². The summed E-state index contributed by atoms with van der Waals surface area (Å²) < 4.78 is 5.11. The van der Waals surface area contributed by atoms with E-state index in [1.165, 1.54) is 0 Å². The molecule has 1 heterocycles. The Morgan fingerprint density at radius 1 is 1.14 bits per heavy atom. The molecule has 0 atom stereocenters. The van der Waals surface area contributed by atoms with E-state index in [0.717, 1.165) is 22.0 Å². The molecule has 2 N–H and O–H groups in total. The van der Waals surface area contributed by atoms with E-state index in [9.17, 15) is 5.11 Å². The van der Waals surface area contributed by atoms with Crippen molar-refractivity contribution in [1.29, 1.82) is 0 Å². The predicted molar refractivity (Wildman–Crippen MR) is 89.5 cm³/mol. The maximum Gasteiger partial charge on any atom is 0.183 e. The molecule has 4 nitrogen and oxygen atoms in total. The molecule has 0 radical (unpaired) electrons. The third-order valence-corrected chi connectivity index (χ3v) is 4.11. The molecular formula is C17H16N2O2S. The zero-order chi connectivity index (χ0) is 15.4. The van der Waals surface area contributed by atoms with Crippen molar-refractivity contribution in [1.82, 2.24) is 4.98 Å². The van der Waals surface area contributed by atoms with Crippen molar-refractivity contribution in [3.05, 3.63) is 59.5 Å². The van der Waals surface area contributed by atoms with Crippen LogP contribution in [0.3, 0.4) is 0 Å². The van der Waals surface area contributed by atoms with Gasteiger partial charge in [0.05, 0.1) is 12.8 Å². The number of para-hydroxylation sites is 1. The molecular weight excluding hydrogens is 296 g/mol. The lowest BCUT2D eigenvalue weighted by Crippen LogP contribution is -2.00. The van der Waals surface area contributed by atoms with Crippen LogP contribution in [0.4, 0.5) is 5.13 Å². The standard InChI is InChI=1S/C17H16N2O2S/c1-21-15-9-5-8-13(16(15)20)10-18-17-19-14(11-22-17)12-6-3-2-4-7-12/h2-9,11,20H,10H2,1H3,(H,18,19). The summed E-state index contributed by atoms with van der Waals surface area (Å²) in [5, 5.41) is 16.1. The number of thiazole rings is 1. The lowest BCUT2D eigenvalue weighted by atomic mass is 10.2. The molecule has 0 saturated carbocycles. The normalized spacial score (nSPS) is 10.4. The Labute approximate surface area is 133 Å². The van der Waals surface area contributed by atoms with Gasteiger partial charge in [0.2, 0.25) is 0 Å². The number of ether oxygens (including phenoxy) is 1. The first-order chi connectivity index (χ1) is 10.8. The highest BCUT2D eigenvalue weighted by Gasteiger charge is 2.08. The molecule has 0 aliphatic rings. The van der Waals surface area contributed by atoms with E-state index >= 15 is 0 Å². The quantitative estimate of drug-likeness (QED) is 0.743. The molecule has 0 bridgehead atoms. The van der Waals surface area contributed by atoms with Gasteiger partial charge >= 0.3 is 0 Å². The van der Waals surface area contributed by atoms with Crippen LogP contribution in [-0.4, -0.2) is 17.2 Å². The number of nitrogens with zero attached hydrogens (tertiary/aromatic N) is 1. The van der Waals surface area contributed by atoms with Gasteiger partial charge < -0.3 is 15.2 Å². The molecule has 0 unspecified atom stereocenters. The number of phenolic OH excluding ortho intramolecular Hbond substituents is 1. The van der Waals surface area contributed by atoms with Crippen LogP contribution < -0.4 is 10.1 Å². The highest BCUT2D eigenvalue weighted by Crippen LogP contribution is 2.30. The molecule has 0 saturated heterocycles. The number of aromatic hydroxyl groups is 1. The second-order valence-corrected chi connectivity index (χ2v) is 5.58. The Hall–Kier alpha value is -2.53. The SMILES string of the molecule is COc1cccc(CNc2nc(-c3ccccc3)cs2)c1O. The molecule has 3 rings (SSSR count). The third kappa shape index (κ3) is 3.04. The zero-order valence-corrected chi connectivity index (χ0v) is 12.9. The number of hydrogen-bond acceptors (Lipinski definition) is 5. The van der Waals surface area contributed by atoms with Gasteiger partial charge in [-0.2, -0.15) is 0 Å². The Morgan fingerprint density at radius 2 is 1.95 bits per heavy atom. The first-order valence-electron chi connectivity index (χ1n) is 6.87. The highest BCUT2D eigenvalue weighted by molar-refractivity contribution is 7.14. The minimum Gasteiger partial charge on any atom is -0.504 e. The molecule has 1 aromatic heterocycles. The van der Waals surface area contributed by atoms with Crippen LogP contribution in [0.2, 0.25) is 0 Å². The smallest absolute Gasteiger partial charge is 0.183 e. The summed E-state index contributed by atoms with van der Waals surface area (Å²) in [6.45, 7) is 0.491. The van der Waals surface area contributed by atoms with Crippen molar-refractivity contribution in [3.8, 4) is 22.8 Å². The molecule has 2 aromatic carbocycles. The van der Waals surface area contributed by atoms with E-state index in [1.54, 1.807) is 24.5 Å². The van der Waals surface area contributed by atoms with Crippen LogP contribution in [0.5, 0.6) is 11.5 Å². The lowest BCUT2D eigenvalue weighted by molar-refractivity contribution is 0.371. The van der Waals surface area contributed by atoms with Crippen LogP contribution in [0.25, 0.3) is 11.3 Å². The van der Waals surface area contributed by atoms with Crippen LogP contribution >= 0.6 is 11.3 Å². The highest BCUT2D eigenvalue weighted by atomic mass is 32.1. The molecule has 0 amide bonds. The lowest BCUT2D eigenvalue weighted by Gasteiger charge is -2.09. The predicted octanol–water partition coefficient (Wildman–Crippen LogP) is 4.14. The average Bonchev–Trinajstić information content (AvgIpc) is 3.04. The Bertz CT molecular complexity index is 756. The van der Waals surface area contributed by atoms with Gasteiger partial charge in [0.15, 0.2) is 16.6 Å². The molecule has 0 aliphatic carbocycles. The van der Waals surface area contributed by atoms with Crippen LogP contribution in [0.15, 0.2) is 53.9 Å². The summed E-state index contributed by atoms with van der Waals surface area (Å²) in [6.07, 6.45) is 0. The fourth-order valence-electron chi connectivity index (χ4n) is 2.14. The summed E-state index contributed by atoms with van der Waals surface area (Å²) in [7, 11) is 1.54. The molecule has 0 spiro atoms. The van der Waals surface area contributed by atoms with E-state index in [2.05, 4.69) is 10.3 Å². The van der Waals surface area contributed by atoms with Gasteiger partial charge in [-0.1, -0.05) is 42.5 Å². The number of anilines is 1. The summed E-state index contributed by atoms with van der Waals surface area (Å²) in [5.41, 5.74) is 2.81. The molecule has 5 heteroatoms. The van der Waals surface area contributed by atoms with E-state index in [-0.39, 0.29) is 5.75 Å². The fourth-order valence-corrected chi connectivity index (χ4v) is 2.86. The number of benzene rings is 2. The van der Waals surface area contributed by atoms with Gasteiger partial charge in [0.25, 0.3) is 0 Å². The number of nitrogens with one attached hydrogen (secondary N) is 1. The fraction of sp³-hybridized carbons (Fsp3) is 0.118. The van der Waals surface area contributed by atoms with Gasteiger partial charge in [0, 0.05) is 23.1 Å². The van der Waals surface area contributed by atoms with Crippen LogP contribution in [0.1, 0.15) is 5.56 Å². The van der Waals surface area contributed by atoms with Gasteiger partial charge in [-0.25, -0.2) is 4.98 Å². The number of methoxy groups -OCH3 is 1. The average molecular weight is 312 g/mol. The Morgan fingerprint density at radius 3 is 2.73 bits per heavy atom. The van der Waals surface area contributed by atoms with Crippen molar-refractivity contribution in [2.24, 2.45) is 0 Å². The van der Waals surface area contributed by atoms with Crippen molar-refractivity contribution in [2.45, 2.75) is 6.54 Å². The minimum atomic E-state index is 0.164. The summed E-state index contributed by atoms with van der Waals surface area (Å²) >= 11 is 1.54. The Balaban J connectivity index is 1.72. The van der Waals surface area contributed by atoms with Crippen molar-refractivity contribution >= 4 is 16.5 Å². The van der Waals surface area contributed by atoms with E-state index in [0.29, 0.717) is 12.3 Å². The molecule has 0 aliphatic heterocycles. The van der Waals surface area contributed by atoms with E-state index < -0.39 is 0 Å². The minimum absolute atomic E-state index is 0.164. The molecule has 22 heavy (non-hydrogen) atoms. The number of hydrogen-bond donors (Lipinski definition) is 2. The van der Waals surface area contributed by atoms with Gasteiger partial charge in [-0.05, 0) is 6.07 Å². The largest absolute Gasteiger partial charge is 0.504 e. The van der Waals surface area contributed by atoms with Gasteiger partial charge in [0.1, 0.15) is 0 Å². The van der Waals surface area contributed by atoms with Gasteiger partial charge in [-0.3, -0.25) is 0 Å². The molecule has 3 aromatic rings. The van der Waals surface area contributed by atoms with E-state index in [1.807, 2.05) is 47.8 Å². The number of rotatable bonds is 5. The number of aromatic nitrogens is 1. The number of phenols is 1. The maximum absolute atomic E-state index is 10.1. The van der Waals surface area contributed by atoms with Crippen LogP contribution in [0, 0.1) is 0 Å². The maximum atomic E-state index is 10.1. The zero-order valence-electron chi connectivity index (χ0n) is 12.1. The molecule has 0 fully saturated rings. The first-order valence-corrected chi connectivity index (χ1v) is 7.75. The topological polar surface area (TPSA) is 54.4 Å². The monoisotopic (exact) mass is 312 g/mol. The summed E-state index contributed by atoms with van der Waals surface area (Å²) in [6, 6.07) is 15.5. The summed E-state index contributed by atoms with van der Waals surface area (Å²) in [4.78, 5) is 4.56. The Kier molecular flexibility index (Phi) is 4.25. The van der Waals surface area contributed by atoms with Crippen molar-refractivity contribution in [2.75, 3.05) is 12.4 Å². The van der Waals surface area contributed by atoms with Crippen LogP contribution in [-0.2, 0) is 6.54 Å². The second-order valence-electron chi connectivity index (χ2n) is 4.73. The van der Waals surface area contributed by atoms with Gasteiger partial charge in [-0.15, -0.1) is 11.3 Å². The van der Waals surface area contributed by atoms with Crippen molar-refractivity contribution in [3.63, 3.8) is 0 Å². The molecule has 112 valence electrons.